The molecule has 2 heterocycles. The van der Waals surface area contributed by atoms with Crippen LogP contribution in [-0.2, 0) is 7.05 Å². The van der Waals surface area contributed by atoms with Crippen LogP contribution in [0.1, 0.15) is 11.1 Å². The second-order valence-corrected chi connectivity index (χ2v) is 14.6. The molecule has 0 radical (unpaired) electrons. The van der Waals surface area contributed by atoms with Gasteiger partial charge in [0.25, 0.3) is 6.33 Å². The smallest absolute Gasteiger partial charge is 0.287 e. The van der Waals surface area contributed by atoms with Crippen LogP contribution in [0.15, 0.2) is 73.1 Å². The van der Waals surface area contributed by atoms with E-state index >= 15 is 0 Å². The Hall–Kier alpha value is -3.50. The van der Waals surface area contributed by atoms with E-state index < -0.39 is 8.07 Å². The topological polar surface area (TPSA) is 20.0 Å². The van der Waals surface area contributed by atoms with E-state index in [4.69, 9.17) is 4.98 Å². The van der Waals surface area contributed by atoms with E-state index in [0.717, 1.165) is 5.52 Å². The van der Waals surface area contributed by atoms with Crippen LogP contribution in [0, 0.1) is 13.8 Å². The molecule has 0 amide bonds. The van der Waals surface area contributed by atoms with Crippen molar-refractivity contribution in [2.45, 2.75) is 26.9 Å². The van der Waals surface area contributed by atoms with E-state index in [1.54, 1.807) is 0 Å². The van der Waals surface area contributed by atoms with Crippen LogP contribution in [0.3, 0.4) is 0 Å². The van der Waals surface area contributed by atoms with Gasteiger partial charge in [-0.15, -0.1) is 0 Å². The molecule has 168 valence electrons. The zero-order valence-corrected chi connectivity index (χ0v) is 21.8. The van der Waals surface area contributed by atoms with Gasteiger partial charge >= 0.3 is 0 Å². The predicted molar refractivity (Wildman–Crippen MR) is 147 cm³/mol. The van der Waals surface area contributed by atoms with Crippen LogP contribution in [0.5, 0.6) is 0 Å². The zero-order valence-electron chi connectivity index (χ0n) is 20.8. The molecule has 34 heavy (non-hydrogen) atoms. The summed E-state index contributed by atoms with van der Waals surface area (Å²) in [6.45, 7) is 9.43. The fourth-order valence-electron chi connectivity index (χ4n) is 5.88. The number of hydrogen-bond donors (Lipinski definition) is 0. The highest BCUT2D eigenvalue weighted by Gasteiger charge is 2.35. The maximum Gasteiger partial charge on any atom is 0.287 e. The number of benzene rings is 4. The fraction of sp³-hybridized carbons (Fsp3) is 0.200. The summed E-state index contributed by atoms with van der Waals surface area (Å²) >= 11 is 0. The van der Waals surface area contributed by atoms with Crippen molar-refractivity contribution in [1.82, 2.24) is 4.98 Å². The summed E-state index contributed by atoms with van der Waals surface area (Å²) in [5.41, 5.74) is 8.91. The van der Waals surface area contributed by atoms with Crippen LogP contribution >= 0.6 is 0 Å². The summed E-state index contributed by atoms with van der Waals surface area (Å²) in [5, 5.41) is 6.77. The molecular weight excluding hydrogens is 430 g/mol. The van der Waals surface area contributed by atoms with E-state index in [1.807, 2.05) is 6.33 Å². The van der Waals surface area contributed by atoms with Crippen molar-refractivity contribution in [1.29, 1.82) is 0 Å². The summed E-state index contributed by atoms with van der Waals surface area (Å²) in [5.74, 6) is 0. The molecule has 4 aromatic carbocycles. The first-order chi connectivity index (χ1) is 16.3. The van der Waals surface area contributed by atoms with Crippen LogP contribution in [0.2, 0.25) is 13.1 Å². The van der Waals surface area contributed by atoms with Gasteiger partial charge in [0.2, 0.25) is 0 Å². The Balaban J connectivity index is 1.73. The summed E-state index contributed by atoms with van der Waals surface area (Å²) in [4.78, 5) is 7.35. The molecule has 4 heteroatoms. The van der Waals surface area contributed by atoms with Crippen molar-refractivity contribution < 1.29 is 4.57 Å². The highest BCUT2D eigenvalue weighted by atomic mass is 28.3. The van der Waals surface area contributed by atoms with E-state index in [0.29, 0.717) is 0 Å². The molecule has 0 aliphatic carbocycles. The number of fused-ring (bicyclic) bond motifs is 3. The largest absolute Gasteiger partial charge is 0.343 e. The number of aryl methyl sites for hydroxylation is 3. The maximum absolute atomic E-state index is 4.93. The monoisotopic (exact) mass is 460 g/mol. The van der Waals surface area contributed by atoms with Gasteiger partial charge < -0.3 is 4.90 Å². The van der Waals surface area contributed by atoms with Crippen LogP contribution in [0.25, 0.3) is 32.9 Å². The third-order valence-electron chi connectivity index (χ3n) is 7.91. The first-order valence-electron chi connectivity index (χ1n) is 11.9. The molecule has 0 N–H and O–H groups in total. The van der Waals surface area contributed by atoms with Gasteiger partial charge in [-0.2, -0.15) is 0 Å². The molecular formula is C30H30N3Si+. The summed E-state index contributed by atoms with van der Waals surface area (Å²) in [6.07, 6.45) is 1.99. The minimum atomic E-state index is -1.89. The van der Waals surface area contributed by atoms with E-state index in [9.17, 15) is 0 Å². The molecule has 1 aromatic heterocycles. The SMILES string of the molecule is Cc1c2c(c(C)c3ccccc13)N(C)c1cc([Si](C)(C)c3ccccc3)cc3nc[n+](C)c-2c13. The van der Waals surface area contributed by atoms with Crippen molar-refractivity contribution in [3.8, 4) is 11.3 Å². The fourth-order valence-corrected chi connectivity index (χ4v) is 8.24. The van der Waals surface area contributed by atoms with Crippen molar-refractivity contribution in [3.05, 3.63) is 84.2 Å². The third-order valence-corrected chi connectivity index (χ3v) is 11.4. The minimum Gasteiger partial charge on any atom is -0.343 e. The Morgan fingerprint density at radius 3 is 2.18 bits per heavy atom. The number of rotatable bonds is 2. The number of nitrogens with zero attached hydrogens (tertiary/aromatic N) is 3. The molecule has 1 aliphatic rings. The standard InChI is InChI=1S/C30H30N3Si/c1-19-23-14-10-11-15-24(23)20(2)29-27(19)30-28-25(31-18-32(30)3)16-22(17-26(28)33(29)4)34(5,6)21-12-8-7-9-13-21/h7-18H,1-6H3/q+1. The lowest BCUT2D eigenvalue weighted by molar-refractivity contribution is -0.662. The van der Waals surface area contributed by atoms with Gasteiger partial charge in [-0.05, 0) is 58.1 Å². The van der Waals surface area contributed by atoms with E-state index in [1.165, 1.54) is 60.3 Å². The van der Waals surface area contributed by atoms with Gasteiger partial charge in [0.15, 0.2) is 5.52 Å². The second-order valence-electron chi connectivity index (χ2n) is 10.2. The molecule has 0 bridgehead atoms. The van der Waals surface area contributed by atoms with Crippen molar-refractivity contribution in [3.63, 3.8) is 0 Å². The van der Waals surface area contributed by atoms with Gasteiger partial charge in [0.1, 0.15) is 13.8 Å². The van der Waals surface area contributed by atoms with Crippen LogP contribution < -0.4 is 19.8 Å². The lowest BCUT2D eigenvalue weighted by Gasteiger charge is -2.34. The highest BCUT2D eigenvalue weighted by molar-refractivity contribution is 7.00. The number of aromatic nitrogens is 2. The van der Waals surface area contributed by atoms with Crippen molar-refractivity contribution >= 4 is 51.5 Å². The normalized spacial score (nSPS) is 12.9. The first-order valence-corrected chi connectivity index (χ1v) is 14.9. The third kappa shape index (κ3) is 2.75. The summed E-state index contributed by atoms with van der Waals surface area (Å²) < 4.78 is 2.21. The summed E-state index contributed by atoms with van der Waals surface area (Å²) in [7, 11) is 2.46. The molecule has 5 aromatic rings. The first kappa shape index (κ1) is 21.1. The average Bonchev–Trinajstić information content (AvgIpc) is 2.86. The Kier molecular flexibility index (Phi) is 4.49. The van der Waals surface area contributed by atoms with E-state index in [2.05, 4.69) is 117 Å². The van der Waals surface area contributed by atoms with E-state index in [-0.39, 0.29) is 0 Å². The van der Waals surface area contributed by atoms with Crippen LogP contribution in [0.4, 0.5) is 11.4 Å². The molecule has 0 fully saturated rings. The quantitative estimate of drug-likeness (QED) is 0.260. The zero-order chi connectivity index (χ0) is 23.8. The Morgan fingerprint density at radius 2 is 1.47 bits per heavy atom. The average molecular weight is 461 g/mol. The van der Waals surface area contributed by atoms with Gasteiger partial charge in [-0.1, -0.05) is 72.9 Å². The lowest BCUT2D eigenvalue weighted by Crippen LogP contribution is -2.53. The Labute approximate surface area is 202 Å². The van der Waals surface area contributed by atoms with Gasteiger partial charge in [0, 0.05) is 12.6 Å². The maximum atomic E-state index is 4.93. The van der Waals surface area contributed by atoms with Crippen LogP contribution in [-0.4, -0.2) is 20.1 Å². The molecule has 3 nitrogen and oxygen atoms in total. The van der Waals surface area contributed by atoms with Gasteiger partial charge in [-0.25, -0.2) is 4.57 Å². The molecule has 0 saturated heterocycles. The molecule has 6 rings (SSSR count). The second kappa shape index (κ2) is 7.25. The number of hydrogen-bond acceptors (Lipinski definition) is 2. The molecule has 0 atom stereocenters. The molecule has 0 spiro atoms. The summed E-state index contributed by atoms with van der Waals surface area (Å²) in [6, 6.07) is 24.6. The Morgan fingerprint density at radius 1 is 0.824 bits per heavy atom. The van der Waals surface area contributed by atoms with Crippen molar-refractivity contribution in [2.24, 2.45) is 7.05 Å². The van der Waals surface area contributed by atoms with Gasteiger partial charge in [0.05, 0.1) is 23.8 Å². The molecule has 1 aliphatic heterocycles. The molecule has 0 unspecified atom stereocenters. The Bertz CT molecular complexity index is 1620. The van der Waals surface area contributed by atoms with Gasteiger partial charge in [-0.3, -0.25) is 0 Å². The predicted octanol–water partition coefficient (Wildman–Crippen LogP) is 5.40. The molecule has 0 saturated carbocycles. The lowest BCUT2D eigenvalue weighted by atomic mass is 9.87. The minimum absolute atomic E-state index is 1.08. The highest BCUT2D eigenvalue weighted by Crippen LogP contribution is 2.50. The number of anilines is 2. The van der Waals surface area contributed by atoms with Crippen molar-refractivity contribution in [2.75, 3.05) is 11.9 Å².